The highest BCUT2D eigenvalue weighted by atomic mass is 16.5. The van der Waals surface area contributed by atoms with Crippen molar-refractivity contribution in [1.82, 2.24) is 14.7 Å². The van der Waals surface area contributed by atoms with Gasteiger partial charge in [-0.15, -0.1) is 0 Å². The van der Waals surface area contributed by atoms with E-state index in [0.29, 0.717) is 18.1 Å². The highest BCUT2D eigenvalue weighted by Gasteiger charge is 2.35. The summed E-state index contributed by atoms with van der Waals surface area (Å²) in [6.45, 7) is 1.25. The number of likely N-dealkylation sites (tertiary alicyclic amines) is 1. The van der Waals surface area contributed by atoms with Gasteiger partial charge in [0.1, 0.15) is 11.5 Å². The lowest BCUT2D eigenvalue weighted by atomic mass is 9.94. The molecule has 0 spiro atoms. The second-order valence-electron chi connectivity index (χ2n) is 6.05. The molecule has 0 N–H and O–H groups in total. The summed E-state index contributed by atoms with van der Waals surface area (Å²) >= 11 is 0. The number of furan rings is 1. The lowest BCUT2D eigenvalue weighted by Crippen LogP contribution is -2.45. The van der Waals surface area contributed by atoms with Crippen LogP contribution in [0.2, 0.25) is 0 Å². The number of hydrogen-bond acceptors (Lipinski definition) is 4. The van der Waals surface area contributed by atoms with Crippen molar-refractivity contribution in [2.24, 2.45) is 0 Å². The van der Waals surface area contributed by atoms with Crippen LogP contribution < -0.4 is 4.74 Å². The van der Waals surface area contributed by atoms with Crippen molar-refractivity contribution in [1.29, 1.82) is 0 Å². The second-order valence-corrected chi connectivity index (χ2v) is 6.05. The number of nitrogens with zero attached hydrogens (tertiary/aromatic N) is 3. The Balaban J connectivity index is 1.48. The van der Waals surface area contributed by atoms with E-state index in [2.05, 4.69) is 5.10 Å². The van der Waals surface area contributed by atoms with E-state index in [4.69, 9.17) is 9.15 Å². The van der Waals surface area contributed by atoms with Crippen molar-refractivity contribution < 1.29 is 13.9 Å². The standard InChI is InChI=1S/C19H19N3O3/c1-24-15-5-2-4-14(12-15)17-8-11-22(17)19(23)18-7-6-16(25-18)13-21-10-3-9-20-21/h2-7,9-10,12,17H,8,11,13H2,1H3/t17-/m1/s1. The largest absolute Gasteiger partial charge is 0.497 e. The summed E-state index contributed by atoms with van der Waals surface area (Å²) in [5, 5.41) is 4.15. The number of rotatable bonds is 5. The molecule has 4 rings (SSSR count). The van der Waals surface area contributed by atoms with E-state index in [9.17, 15) is 4.79 Å². The van der Waals surface area contributed by atoms with Crippen LogP contribution in [0.3, 0.4) is 0 Å². The molecule has 1 saturated heterocycles. The Hall–Kier alpha value is -3.02. The predicted octanol–water partition coefficient (Wildman–Crippen LogP) is 3.12. The Morgan fingerprint density at radius 2 is 2.24 bits per heavy atom. The van der Waals surface area contributed by atoms with Gasteiger partial charge in [0.25, 0.3) is 5.91 Å². The fourth-order valence-corrected chi connectivity index (χ4v) is 3.10. The summed E-state index contributed by atoms with van der Waals surface area (Å²) in [6, 6.07) is 13.4. The third kappa shape index (κ3) is 3.03. The number of amides is 1. The predicted molar refractivity (Wildman–Crippen MR) is 91.4 cm³/mol. The van der Waals surface area contributed by atoms with Gasteiger partial charge in [0.2, 0.25) is 0 Å². The number of ether oxygens (including phenoxy) is 1. The van der Waals surface area contributed by atoms with Gasteiger partial charge in [0.15, 0.2) is 5.76 Å². The molecule has 0 unspecified atom stereocenters. The molecular weight excluding hydrogens is 318 g/mol. The van der Waals surface area contributed by atoms with Crippen LogP contribution in [0.5, 0.6) is 5.75 Å². The molecule has 0 radical (unpaired) electrons. The van der Waals surface area contributed by atoms with Crippen LogP contribution >= 0.6 is 0 Å². The van der Waals surface area contributed by atoms with Crippen molar-refractivity contribution in [3.8, 4) is 5.75 Å². The van der Waals surface area contributed by atoms with Gasteiger partial charge in [0, 0.05) is 18.9 Å². The van der Waals surface area contributed by atoms with Crippen molar-refractivity contribution in [3.05, 3.63) is 71.9 Å². The quantitative estimate of drug-likeness (QED) is 0.718. The highest BCUT2D eigenvalue weighted by molar-refractivity contribution is 5.92. The minimum absolute atomic E-state index is 0.0715. The lowest BCUT2D eigenvalue weighted by Gasteiger charge is -2.40. The molecule has 25 heavy (non-hydrogen) atoms. The summed E-state index contributed by atoms with van der Waals surface area (Å²) in [4.78, 5) is 14.6. The van der Waals surface area contributed by atoms with Crippen LogP contribution in [0.4, 0.5) is 0 Å². The maximum atomic E-state index is 12.8. The van der Waals surface area contributed by atoms with Crippen LogP contribution in [0, 0.1) is 0 Å². The van der Waals surface area contributed by atoms with Crippen LogP contribution in [0.15, 0.2) is 59.3 Å². The molecule has 0 bridgehead atoms. The van der Waals surface area contributed by atoms with Crippen molar-refractivity contribution in [3.63, 3.8) is 0 Å². The third-order valence-corrected chi connectivity index (χ3v) is 4.51. The topological polar surface area (TPSA) is 60.5 Å². The molecule has 1 aliphatic heterocycles. The first-order valence-electron chi connectivity index (χ1n) is 8.25. The summed E-state index contributed by atoms with van der Waals surface area (Å²) in [5.74, 6) is 1.81. The zero-order chi connectivity index (χ0) is 17.2. The van der Waals surface area contributed by atoms with Gasteiger partial charge >= 0.3 is 0 Å². The summed E-state index contributed by atoms with van der Waals surface area (Å²) in [5.41, 5.74) is 1.09. The highest BCUT2D eigenvalue weighted by Crippen LogP contribution is 2.36. The first-order valence-corrected chi connectivity index (χ1v) is 8.25. The van der Waals surface area contributed by atoms with Crippen LogP contribution in [-0.4, -0.2) is 34.2 Å². The Morgan fingerprint density at radius 3 is 2.96 bits per heavy atom. The van der Waals surface area contributed by atoms with Crippen LogP contribution in [-0.2, 0) is 6.54 Å². The molecule has 1 aromatic carbocycles. The summed E-state index contributed by atoms with van der Waals surface area (Å²) < 4.78 is 12.8. The van der Waals surface area contributed by atoms with Crippen molar-refractivity contribution >= 4 is 5.91 Å². The van der Waals surface area contributed by atoms with Crippen LogP contribution in [0.25, 0.3) is 0 Å². The molecule has 3 aromatic rings. The van der Waals surface area contributed by atoms with E-state index < -0.39 is 0 Å². The number of benzene rings is 1. The zero-order valence-electron chi connectivity index (χ0n) is 14.0. The molecule has 1 aliphatic rings. The van der Waals surface area contributed by atoms with E-state index >= 15 is 0 Å². The van der Waals surface area contributed by atoms with E-state index in [0.717, 1.165) is 24.3 Å². The van der Waals surface area contributed by atoms with Gasteiger partial charge in [0.05, 0.1) is 19.7 Å². The Bertz CT molecular complexity index is 870. The Morgan fingerprint density at radius 1 is 1.32 bits per heavy atom. The fourth-order valence-electron chi connectivity index (χ4n) is 3.10. The molecule has 2 aromatic heterocycles. The summed E-state index contributed by atoms with van der Waals surface area (Å²) in [7, 11) is 1.65. The average molecular weight is 337 g/mol. The lowest BCUT2D eigenvalue weighted by molar-refractivity contribution is 0.0425. The smallest absolute Gasteiger partial charge is 0.290 e. The molecule has 128 valence electrons. The van der Waals surface area contributed by atoms with Crippen molar-refractivity contribution in [2.75, 3.05) is 13.7 Å². The van der Waals surface area contributed by atoms with Crippen LogP contribution in [0.1, 0.15) is 34.3 Å². The summed E-state index contributed by atoms with van der Waals surface area (Å²) in [6.07, 6.45) is 4.52. The van der Waals surface area contributed by atoms with Gasteiger partial charge in [-0.3, -0.25) is 9.48 Å². The fraction of sp³-hybridized carbons (Fsp3) is 0.263. The zero-order valence-corrected chi connectivity index (χ0v) is 14.0. The SMILES string of the molecule is COc1cccc([C@H]2CCN2C(=O)c2ccc(Cn3cccn3)o2)c1. The van der Waals surface area contributed by atoms with Gasteiger partial charge in [-0.05, 0) is 42.3 Å². The van der Waals surface area contributed by atoms with Gasteiger partial charge in [-0.2, -0.15) is 5.10 Å². The first kappa shape index (κ1) is 15.5. The van der Waals surface area contributed by atoms with Gasteiger partial charge in [-0.25, -0.2) is 0 Å². The molecule has 6 heteroatoms. The maximum Gasteiger partial charge on any atom is 0.290 e. The van der Waals surface area contributed by atoms with Crippen molar-refractivity contribution in [2.45, 2.75) is 19.0 Å². The molecular formula is C19H19N3O3. The molecule has 6 nitrogen and oxygen atoms in total. The molecule has 0 saturated carbocycles. The van der Waals surface area contributed by atoms with E-state index in [-0.39, 0.29) is 11.9 Å². The number of carbonyl (C=O) groups excluding carboxylic acids is 1. The minimum Gasteiger partial charge on any atom is -0.497 e. The minimum atomic E-state index is -0.0780. The number of hydrogen-bond donors (Lipinski definition) is 0. The molecule has 1 fully saturated rings. The number of carbonyl (C=O) groups is 1. The van der Waals surface area contributed by atoms with E-state index in [1.165, 1.54) is 0 Å². The average Bonchev–Trinajstić information content (AvgIpc) is 3.26. The number of aromatic nitrogens is 2. The third-order valence-electron chi connectivity index (χ3n) is 4.51. The van der Waals surface area contributed by atoms with E-state index in [1.807, 2.05) is 47.5 Å². The number of methoxy groups -OCH3 is 1. The molecule has 1 amide bonds. The monoisotopic (exact) mass is 337 g/mol. The van der Waals surface area contributed by atoms with Gasteiger partial charge < -0.3 is 14.1 Å². The molecule has 0 aliphatic carbocycles. The maximum absolute atomic E-state index is 12.8. The molecule has 1 atom stereocenters. The first-order chi connectivity index (χ1) is 12.2. The Labute approximate surface area is 145 Å². The normalized spacial score (nSPS) is 16.5. The second kappa shape index (κ2) is 6.47. The Kier molecular flexibility index (Phi) is 4.01. The van der Waals surface area contributed by atoms with Gasteiger partial charge in [-0.1, -0.05) is 12.1 Å². The molecule has 3 heterocycles. The van der Waals surface area contributed by atoms with E-state index in [1.54, 1.807) is 24.1 Å².